The summed E-state index contributed by atoms with van der Waals surface area (Å²) in [6.45, 7) is -0.985. The largest absolute Gasteiger partial charge is 0.388 e. The van der Waals surface area contributed by atoms with E-state index >= 15 is 0 Å². The Hall–Kier alpha value is -1.64. The van der Waals surface area contributed by atoms with Gasteiger partial charge in [0, 0.05) is 14.7 Å². The highest BCUT2D eigenvalue weighted by Gasteiger charge is 2.45. The van der Waals surface area contributed by atoms with Crippen LogP contribution in [0.25, 0.3) is 11.1 Å². The minimum atomic E-state index is -1.66. The van der Waals surface area contributed by atoms with Crippen LogP contribution in [0.15, 0.2) is 42.5 Å². The fourth-order valence-corrected chi connectivity index (χ4v) is 4.28. The van der Waals surface area contributed by atoms with E-state index in [4.69, 9.17) is 4.11 Å². The predicted molar refractivity (Wildman–Crippen MR) is 92.6 cm³/mol. The summed E-state index contributed by atoms with van der Waals surface area (Å²) < 4.78 is 24.5. The highest BCUT2D eigenvalue weighted by molar-refractivity contribution is 5.70. The van der Waals surface area contributed by atoms with Gasteiger partial charge in [-0.25, -0.2) is 0 Å². The minimum Gasteiger partial charge on any atom is -0.388 e. The normalized spacial score (nSPS) is 36.5. The summed E-state index contributed by atoms with van der Waals surface area (Å²) in [4.78, 5) is 0. The van der Waals surface area contributed by atoms with Gasteiger partial charge in [-0.15, -0.1) is 0 Å². The molecule has 2 aromatic carbocycles. The van der Waals surface area contributed by atoms with Gasteiger partial charge in [0.1, 0.15) is 0 Å². The standard InChI is InChI=1S/C21H23NO/c23-20-12-21(9-10-22-13-21)19-8-7-15(11-18(19)20)17-4-2-1-3-16(17)14-5-6-14/h1-4,7-8,11,14,20,22-23H,5-6,9-10,12-13H2/i10D2,20D. The van der Waals surface area contributed by atoms with Crippen molar-refractivity contribution in [3.63, 3.8) is 0 Å². The topological polar surface area (TPSA) is 32.3 Å². The van der Waals surface area contributed by atoms with Crippen LogP contribution >= 0.6 is 0 Å². The summed E-state index contributed by atoms with van der Waals surface area (Å²) in [5.41, 5.74) is 4.66. The van der Waals surface area contributed by atoms with Crippen LogP contribution in [0.5, 0.6) is 0 Å². The monoisotopic (exact) mass is 308 g/mol. The van der Waals surface area contributed by atoms with E-state index in [-0.39, 0.29) is 6.42 Å². The van der Waals surface area contributed by atoms with E-state index in [0.717, 1.165) is 11.1 Å². The zero-order chi connectivity index (χ0) is 18.2. The number of rotatable bonds is 2. The average molecular weight is 308 g/mol. The second-order valence-electron chi connectivity index (χ2n) is 7.23. The van der Waals surface area contributed by atoms with Crippen LogP contribution < -0.4 is 5.32 Å². The summed E-state index contributed by atoms with van der Waals surface area (Å²) in [5, 5.41) is 13.7. The second kappa shape index (κ2) is 4.93. The zero-order valence-corrected chi connectivity index (χ0v) is 13.1. The molecule has 1 saturated carbocycles. The first kappa shape index (κ1) is 11.0. The van der Waals surface area contributed by atoms with Crippen molar-refractivity contribution in [1.29, 1.82) is 0 Å². The highest BCUT2D eigenvalue weighted by atomic mass is 16.3. The molecule has 2 heteroatoms. The summed E-state index contributed by atoms with van der Waals surface area (Å²) in [5.74, 6) is 0.631. The molecule has 0 amide bonds. The van der Waals surface area contributed by atoms with Crippen LogP contribution in [0.2, 0.25) is 0 Å². The number of nitrogens with one attached hydrogen (secondary N) is 1. The fraction of sp³-hybridized carbons (Fsp3) is 0.429. The Morgan fingerprint density at radius 2 is 2.04 bits per heavy atom. The second-order valence-corrected chi connectivity index (χ2v) is 7.23. The van der Waals surface area contributed by atoms with E-state index < -0.39 is 18.0 Å². The van der Waals surface area contributed by atoms with Gasteiger partial charge in [0.05, 0.1) is 7.45 Å². The summed E-state index contributed by atoms with van der Waals surface area (Å²) in [7, 11) is 0. The van der Waals surface area contributed by atoms with E-state index in [1.165, 1.54) is 24.0 Å². The lowest BCUT2D eigenvalue weighted by atomic mass is 9.80. The van der Waals surface area contributed by atoms with Gasteiger partial charge in [-0.3, -0.25) is 0 Å². The first-order valence-electron chi connectivity index (χ1n) is 10.0. The SMILES string of the molecule is [2H]C1([2H])CC2(CN1)CC([2H])(O)c1cc(-c3ccccc3C3CC3)ccc12. The van der Waals surface area contributed by atoms with Crippen LogP contribution in [0.4, 0.5) is 0 Å². The molecule has 2 N–H and O–H groups in total. The molecular weight excluding hydrogens is 282 g/mol. The molecule has 0 aromatic heterocycles. The Kier molecular flexibility index (Phi) is 2.36. The Labute approximate surface area is 141 Å². The maximum Gasteiger partial charge on any atom is 0.0802 e. The predicted octanol–water partition coefficient (Wildman–Crippen LogP) is 3.90. The first-order valence-corrected chi connectivity index (χ1v) is 8.52. The van der Waals surface area contributed by atoms with E-state index in [1.54, 1.807) is 0 Å². The molecule has 118 valence electrons. The van der Waals surface area contributed by atoms with Crippen molar-refractivity contribution in [3.05, 3.63) is 59.2 Å². The van der Waals surface area contributed by atoms with Crippen LogP contribution in [-0.4, -0.2) is 18.1 Å². The molecule has 0 bridgehead atoms. The maximum atomic E-state index is 10.8. The summed E-state index contributed by atoms with van der Waals surface area (Å²) >= 11 is 0. The van der Waals surface area contributed by atoms with Gasteiger partial charge in [0.15, 0.2) is 0 Å². The van der Waals surface area contributed by atoms with Gasteiger partial charge in [-0.05, 0) is 72.0 Å². The highest BCUT2D eigenvalue weighted by Crippen LogP contribution is 2.50. The number of fused-ring (bicyclic) bond motifs is 2. The lowest BCUT2D eigenvalue weighted by Crippen LogP contribution is -2.26. The maximum absolute atomic E-state index is 10.8. The van der Waals surface area contributed by atoms with E-state index in [9.17, 15) is 5.11 Å². The molecular formula is C21H23NO. The molecule has 1 spiro atoms. The van der Waals surface area contributed by atoms with Gasteiger partial charge in [0.25, 0.3) is 0 Å². The molecule has 5 rings (SSSR count). The average Bonchev–Trinajstić information content (AvgIpc) is 3.36. The molecule has 0 radical (unpaired) electrons. The van der Waals surface area contributed by atoms with Crippen molar-refractivity contribution >= 4 is 0 Å². The van der Waals surface area contributed by atoms with E-state index in [0.29, 0.717) is 24.4 Å². The molecule has 1 heterocycles. The van der Waals surface area contributed by atoms with Gasteiger partial charge in [-0.2, -0.15) is 0 Å². The number of aliphatic hydroxyl groups is 1. The third kappa shape index (κ3) is 2.09. The molecule has 3 aliphatic rings. The smallest absolute Gasteiger partial charge is 0.0802 e. The van der Waals surface area contributed by atoms with Crippen LogP contribution in [0.3, 0.4) is 0 Å². The molecule has 2 aromatic rings. The Balaban J connectivity index is 1.62. The quantitative estimate of drug-likeness (QED) is 0.882. The zero-order valence-electron chi connectivity index (χ0n) is 16.1. The lowest BCUT2D eigenvalue weighted by Gasteiger charge is -2.23. The third-order valence-electron chi connectivity index (χ3n) is 5.68. The molecule has 1 saturated heterocycles. The number of hydrogen-bond acceptors (Lipinski definition) is 2. The fourth-order valence-electron chi connectivity index (χ4n) is 4.28. The summed E-state index contributed by atoms with van der Waals surface area (Å²) in [6, 6.07) is 14.5. The van der Waals surface area contributed by atoms with Crippen molar-refractivity contribution in [2.24, 2.45) is 0 Å². The summed E-state index contributed by atoms with van der Waals surface area (Å²) in [6.07, 6.45) is 1.34. The van der Waals surface area contributed by atoms with Crippen LogP contribution in [0, 0.1) is 0 Å². The number of benzene rings is 2. The first-order chi connectivity index (χ1) is 12.3. The Morgan fingerprint density at radius 1 is 1.17 bits per heavy atom. The van der Waals surface area contributed by atoms with Crippen LogP contribution in [0.1, 0.15) is 58.5 Å². The van der Waals surface area contributed by atoms with Gasteiger partial charge in [-0.1, -0.05) is 36.4 Å². The van der Waals surface area contributed by atoms with Crippen molar-refractivity contribution in [1.82, 2.24) is 5.32 Å². The van der Waals surface area contributed by atoms with Gasteiger partial charge in [0.2, 0.25) is 0 Å². The van der Waals surface area contributed by atoms with Crippen LogP contribution in [-0.2, 0) is 5.41 Å². The van der Waals surface area contributed by atoms with Gasteiger partial charge >= 0.3 is 0 Å². The molecule has 2 atom stereocenters. The van der Waals surface area contributed by atoms with E-state index in [1.807, 2.05) is 18.2 Å². The Morgan fingerprint density at radius 3 is 2.83 bits per heavy atom. The van der Waals surface area contributed by atoms with Gasteiger partial charge < -0.3 is 10.4 Å². The molecule has 23 heavy (non-hydrogen) atoms. The third-order valence-corrected chi connectivity index (χ3v) is 5.68. The lowest BCUT2D eigenvalue weighted by molar-refractivity contribution is 0.158. The number of hydrogen-bond donors (Lipinski definition) is 2. The van der Waals surface area contributed by atoms with E-state index in [2.05, 4.69) is 29.6 Å². The van der Waals surface area contributed by atoms with Crippen molar-refractivity contribution in [2.45, 2.75) is 43.1 Å². The molecule has 2 fully saturated rings. The molecule has 1 aliphatic heterocycles. The molecule has 2 unspecified atom stereocenters. The molecule has 2 nitrogen and oxygen atoms in total. The molecule has 2 aliphatic carbocycles. The minimum absolute atomic E-state index is 0.246. The van der Waals surface area contributed by atoms with Crippen molar-refractivity contribution in [3.8, 4) is 11.1 Å². The van der Waals surface area contributed by atoms with Crippen molar-refractivity contribution < 1.29 is 9.22 Å². The Bertz CT molecular complexity index is 891. The van der Waals surface area contributed by atoms with Crippen molar-refractivity contribution in [2.75, 3.05) is 13.0 Å².